The molecule has 0 aliphatic heterocycles. The average molecular weight is 292 g/mol. The lowest BCUT2D eigenvalue weighted by atomic mass is 11.1. The lowest BCUT2D eigenvalue weighted by molar-refractivity contribution is 0.0697. The monoisotopic (exact) mass is 292 g/mol. The van der Waals surface area contributed by atoms with Gasteiger partial charge >= 0.3 is 12.2 Å². The van der Waals surface area contributed by atoms with E-state index in [4.69, 9.17) is 9.47 Å². The fraction of sp³-hybridized carbons (Fsp3) is 0.800. The lowest BCUT2D eigenvalue weighted by Gasteiger charge is -2.46. The summed E-state index contributed by atoms with van der Waals surface area (Å²) in [4.78, 5) is 24.0. The molecule has 106 valence electrons. The van der Waals surface area contributed by atoms with Gasteiger partial charge in [-0.1, -0.05) is 0 Å². The number of ether oxygens (including phenoxy) is 2. The molecule has 0 aliphatic rings. The van der Waals surface area contributed by atoms with Gasteiger partial charge in [0, 0.05) is 0 Å². The average Bonchev–Trinajstić information content (AvgIpc) is 2.20. The SMILES string of the molecule is COC(=O)N(N(C(=O)OC)[Si](C)(C)C)[Si](C)(C)C. The Morgan fingerprint density at radius 3 is 1.06 bits per heavy atom. The minimum absolute atomic E-state index is 0.512. The summed E-state index contributed by atoms with van der Waals surface area (Å²) >= 11 is 0. The summed E-state index contributed by atoms with van der Waals surface area (Å²) in [6, 6.07) is 0. The van der Waals surface area contributed by atoms with Gasteiger partial charge in [0.25, 0.3) is 0 Å². The van der Waals surface area contributed by atoms with Crippen molar-refractivity contribution >= 4 is 28.7 Å². The first kappa shape index (κ1) is 17.0. The Hall–Kier alpha value is -1.03. The zero-order valence-corrected chi connectivity index (χ0v) is 14.5. The van der Waals surface area contributed by atoms with E-state index in [2.05, 4.69) is 0 Å². The van der Waals surface area contributed by atoms with Crippen LogP contribution in [0.1, 0.15) is 0 Å². The summed E-state index contributed by atoms with van der Waals surface area (Å²) in [5.41, 5.74) is 0. The number of rotatable bonds is 2. The highest BCUT2D eigenvalue weighted by atomic mass is 28.3. The fourth-order valence-electron chi connectivity index (χ4n) is 1.48. The number of amides is 2. The fourth-order valence-corrected chi connectivity index (χ4v) is 5.93. The highest BCUT2D eigenvalue weighted by Crippen LogP contribution is 2.22. The normalized spacial score (nSPS) is 11.8. The number of hydrogen-bond donors (Lipinski definition) is 0. The molecule has 0 N–H and O–H groups in total. The van der Waals surface area contributed by atoms with E-state index in [1.54, 1.807) is 0 Å². The van der Waals surface area contributed by atoms with Crippen molar-refractivity contribution in [1.29, 1.82) is 0 Å². The molecule has 0 aliphatic carbocycles. The van der Waals surface area contributed by atoms with Gasteiger partial charge in [-0.05, 0) is 39.3 Å². The second-order valence-electron chi connectivity index (χ2n) is 5.91. The molecule has 6 nitrogen and oxygen atoms in total. The number of hydrazine groups is 1. The third kappa shape index (κ3) is 4.02. The van der Waals surface area contributed by atoms with Gasteiger partial charge in [0.05, 0.1) is 14.2 Å². The van der Waals surface area contributed by atoms with Crippen molar-refractivity contribution < 1.29 is 19.1 Å². The van der Waals surface area contributed by atoms with Crippen LogP contribution in [0.5, 0.6) is 0 Å². The van der Waals surface area contributed by atoms with Gasteiger partial charge in [0.1, 0.15) is 0 Å². The van der Waals surface area contributed by atoms with Crippen molar-refractivity contribution in [2.24, 2.45) is 0 Å². The summed E-state index contributed by atoms with van der Waals surface area (Å²) in [6.07, 6.45) is -1.02. The molecule has 0 unspecified atom stereocenters. The molecule has 0 saturated heterocycles. The van der Waals surface area contributed by atoms with E-state index in [1.165, 1.54) is 23.6 Å². The Balaban J connectivity index is 5.65. The van der Waals surface area contributed by atoms with Crippen molar-refractivity contribution in [2.45, 2.75) is 39.3 Å². The number of carbonyl (C=O) groups excluding carboxylic acids is 2. The van der Waals surface area contributed by atoms with E-state index in [0.717, 1.165) is 0 Å². The number of hydrogen-bond acceptors (Lipinski definition) is 4. The molecule has 0 aromatic carbocycles. The summed E-state index contributed by atoms with van der Waals surface area (Å²) < 4.78 is 12.5. The first-order valence-electron chi connectivity index (χ1n) is 5.73. The van der Waals surface area contributed by atoms with Crippen molar-refractivity contribution in [3.63, 3.8) is 0 Å². The van der Waals surface area contributed by atoms with E-state index in [9.17, 15) is 9.59 Å². The minimum Gasteiger partial charge on any atom is -0.452 e. The Bertz CT molecular complexity index is 291. The second-order valence-corrected chi connectivity index (χ2v) is 15.4. The summed E-state index contributed by atoms with van der Waals surface area (Å²) in [6.45, 7) is 11.8. The van der Waals surface area contributed by atoms with Gasteiger partial charge in [-0.2, -0.15) is 0 Å². The van der Waals surface area contributed by atoms with Crippen LogP contribution in [0.25, 0.3) is 0 Å². The maximum Gasteiger partial charge on any atom is 0.419 e. The molecule has 0 aromatic heterocycles. The largest absolute Gasteiger partial charge is 0.452 e. The number of nitrogens with zero attached hydrogens (tertiary/aromatic N) is 2. The van der Waals surface area contributed by atoms with Gasteiger partial charge in [0.2, 0.25) is 0 Å². The molecule has 0 fully saturated rings. The number of carbonyl (C=O) groups is 2. The first-order valence-corrected chi connectivity index (χ1v) is 12.6. The van der Waals surface area contributed by atoms with Crippen LogP contribution in [0.3, 0.4) is 0 Å². The third-order valence-electron chi connectivity index (χ3n) is 2.17. The van der Waals surface area contributed by atoms with E-state index in [1.807, 2.05) is 39.3 Å². The van der Waals surface area contributed by atoms with Crippen molar-refractivity contribution in [3.8, 4) is 0 Å². The van der Waals surface area contributed by atoms with Crippen LogP contribution < -0.4 is 0 Å². The molecule has 0 rings (SSSR count). The predicted molar refractivity (Wildman–Crippen MR) is 75.2 cm³/mol. The van der Waals surface area contributed by atoms with E-state index in [0.29, 0.717) is 0 Å². The molecule has 2 amide bonds. The molecule has 0 bridgehead atoms. The van der Waals surface area contributed by atoms with Gasteiger partial charge in [0.15, 0.2) is 16.5 Å². The quantitative estimate of drug-likeness (QED) is 0.580. The summed E-state index contributed by atoms with van der Waals surface area (Å²) in [7, 11) is -1.58. The molecule has 0 spiro atoms. The standard InChI is InChI=1S/C10H24N2O4Si2/c1-15-9(13)11(17(3,4)5)12(10(14)16-2)18(6,7)8/h1-8H3. The molecular weight excluding hydrogens is 268 g/mol. The molecule has 8 heteroatoms. The van der Waals surface area contributed by atoms with Crippen LogP contribution >= 0.6 is 0 Å². The summed E-state index contributed by atoms with van der Waals surface area (Å²) in [5.74, 6) is 0. The third-order valence-corrected chi connectivity index (χ3v) is 5.67. The van der Waals surface area contributed by atoms with Gasteiger partial charge in [-0.25, -0.2) is 9.59 Å². The van der Waals surface area contributed by atoms with Crippen molar-refractivity contribution in [1.82, 2.24) is 9.35 Å². The Morgan fingerprint density at radius 2 is 0.944 bits per heavy atom. The summed E-state index contributed by atoms with van der Waals surface area (Å²) in [5, 5.41) is 0. The lowest BCUT2D eigenvalue weighted by Crippen LogP contribution is -2.67. The minimum atomic E-state index is -2.10. The predicted octanol–water partition coefficient (Wildman–Crippen LogP) is 2.71. The smallest absolute Gasteiger partial charge is 0.419 e. The van der Waals surface area contributed by atoms with E-state index < -0.39 is 28.7 Å². The van der Waals surface area contributed by atoms with Gasteiger partial charge in [-0.15, -0.1) is 0 Å². The Morgan fingerprint density at radius 1 is 0.722 bits per heavy atom. The van der Waals surface area contributed by atoms with E-state index >= 15 is 0 Å². The Labute approximate surface area is 111 Å². The molecule has 0 aromatic rings. The van der Waals surface area contributed by atoms with Crippen LogP contribution in [0.4, 0.5) is 9.59 Å². The second kappa shape index (κ2) is 5.74. The van der Waals surface area contributed by atoms with Gasteiger partial charge < -0.3 is 9.47 Å². The first-order chi connectivity index (χ1) is 7.96. The van der Waals surface area contributed by atoms with Crippen molar-refractivity contribution in [2.75, 3.05) is 14.2 Å². The van der Waals surface area contributed by atoms with Crippen LogP contribution in [-0.4, -0.2) is 52.2 Å². The molecule has 18 heavy (non-hydrogen) atoms. The zero-order valence-electron chi connectivity index (χ0n) is 12.5. The van der Waals surface area contributed by atoms with Gasteiger partial charge in [-0.3, -0.25) is 9.35 Å². The molecular formula is C10H24N2O4Si2. The molecule has 0 atom stereocenters. The Kier molecular flexibility index (Phi) is 5.42. The highest BCUT2D eigenvalue weighted by Gasteiger charge is 2.43. The van der Waals surface area contributed by atoms with Crippen LogP contribution in [-0.2, 0) is 9.47 Å². The number of methoxy groups -OCH3 is 2. The topological polar surface area (TPSA) is 59.1 Å². The molecule has 0 radical (unpaired) electrons. The van der Waals surface area contributed by atoms with Crippen LogP contribution in [0.2, 0.25) is 39.3 Å². The van der Waals surface area contributed by atoms with E-state index in [-0.39, 0.29) is 0 Å². The maximum atomic E-state index is 12.0. The van der Waals surface area contributed by atoms with Crippen LogP contribution in [0.15, 0.2) is 0 Å². The van der Waals surface area contributed by atoms with Crippen molar-refractivity contribution in [3.05, 3.63) is 0 Å². The van der Waals surface area contributed by atoms with Crippen LogP contribution in [0, 0.1) is 0 Å². The maximum absolute atomic E-state index is 12.0. The highest BCUT2D eigenvalue weighted by molar-refractivity contribution is 6.80. The molecule has 0 heterocycles. The molecule has 0 saturated carbocycles. The zero-order chi connectivity index (χ0) is 14.7.